The predicted octanol–water partition coefficient (Wildman–Crippen LogP) is 4.78. The molecule has 20 heteroatoms. The van der Waals surface area contributed by atoms with Crippen molar-refractivity contribution in [3.63, 3.8) is 0 Å². The van der Waals surface area contributed by atoms with E-state index in [0.29, 0.717) is 32.8 Å². The van der Waals surface area contributed by atoms with Gasteiger partial charge in [-0.2, -0.15) is 5.10 Å². The number of aromatic carboxylic acids is 1. The highest BCUT2D eigenvalue weighted by atomic mass is 35.5. The van der Waals surface area contributed by atoms with Crippen LogP contribution in [0, 0.1) is 27.7 Å². The maximum atomic E-state index is 13.6. The summed E-state index contributed by atoms with van der Waals surface area (Å²) in [6, 6.07) is 19.5. The summed E-state index contributed by atoms with van der Waals surface area (Å²) in [6.45, 7) is 10.5. The topological polar surface area (TPSA) is 299 Å². The molecule has 0 aliphatic rings. The third-order valence-electron chi connectivity index (χ3n) is 9.29. The van der Waals surface area contributed by atoms with Crippen molar-refractivity contribution in [2.45, 2.75) is 47.6 Å². The summed E-state index contributed by atoms with van der Waals surface area (Å²) in [5, 5.41) is 27.6. The number of hydrogen-bond donors (Lipinski definition) is 7. The zero-order valence-electron chi connectivity index (χ0n) is 33.3. The van der Waals surface area contributed by atoms with Gasteiger partial charge in [0.25, 0.3) is 11.5 Å². The first kappa shape index (κ1) is 41.8. The molecule has 0 saturated carbocycles. The molecule has 11 N–H and O–H groups in total. The number of pyridine rings is 1. The van der Waals surface area contributed by atoms with Crippen molar-refractivity contribution in [2.24, 2.45) is 0 Å². The standard InChI is InChI=1S/C26H23ClN6O2.C9H10N4O2.C5H8N4O/c1-14-12-15(2)33-24(29-14)22(23(28)31-33)25(34)30-16(3)20-13-17-8-7-11-19(27)21(17)26(35)32(20)18-9-5-4-6-10-18;1-4-3-5(2)13-8(11-4)6(9(14)15)7(10)12-13;1-2(10)3-4(6)8-9-5(3)7/h4-13,16H,1-3H3,(H2,28,31)(H,30,34);3H,1-2H3,(H2,10,12)(H,14,15);1H3,(H5,6,7,8,9)/t16-;;/m0../s1. The number of Topliss-reactive ketones (excluding diaryl/α,β-unsaturated/α-hetero) is 1. The number of carboxylic acids is 1. The third-order valence-corrected chi connectivity index (χ3v) is 9.60. The molecule has 0 aliphatic heterocycles. The zero-order chi connectivity index (χ0) is 43.7. The highest BCUT2D eigenvalue weighted by molar-refractivity contribution is 6.35. The van der Waals surface area contributed by atoms with Crippen molar-refractivity contribution >= 4 is 74.6 Å². The number of benzene rings is 2. The number of rotatable bonds is 6. The molecule has 19 nitrogen and oxygen atoms in total. The van der Waals surface area contributed by atoms with Gasteiger partial charge in [-0.15, -0.1) is 10.2 Å². The number of aryl methyl sites for hydroxylation is 4. The molecule has 0 bridgehead atoms. The summed E-state index contributed by atoms with van der Waals surface area (Å²) in [7, 11) is 0. The molecule has 0 unspecified atom stereocenters. The number of ketones is 1. The number of amides is 1. The average molecular weight is 833 g/mol. The number of carbonyl (C=O) groups excluding carboxylic acids is 2. The zero-order valence-corrected chi connectivity index (χ0v) is 34.0. The summed E-state index contributed by atoms with van der Waals surface area (Å²) in [5.41, 5.74) is 27.5. The number of fused-ring (bicyclic) bond motifs is 3. The van der Waals surface area contributed by atoms with E-state index in [1.165, 1.54) is 11.4 Å². The number of carbonyl (C=O) groups is 3. The molecule has 308 valence electrons. The molecule has 0 aliphatic carbocycles. The molecule has 2 aromatic carbocycles. The number of nitrogens with zero attached hydrogens (tertiary/aromatic N) is 8. The molecule has 8 aromatic rings. The van der Waals surface area contributed by atoms with Crippen molar-refractivity contribution in [1.82, 2.24) is 49.3 Å². The van der Waals surface area contributed by atoms with Gasteiger partial charge in [0.05, 0.1) is 16.5 Å². The number of H-pyrrole nitrogens is 1. The Morgan fingerprint density at radius 3 is 1.87 bits per heavy atom. The molecule has 0 spiro atoms. The summed E-state index contributed by atoms with van der Waals surface area (Å²) < 4.78 is 4.57. The SMILES string of the molecule is CC(=O)c1c(N)n[nH]c1N.Cc1cc(C)n2nc(N)c(C(=O)N[C@@H](C)c3cc4cccc(Cl)c4c(=O)n3-c3ccccc3)c2n1.Cc1cc(C)n2nc(N)c(C(=O)O)c2n1. The lowest BCUT2D eigenvalue weighted by Crippen LogP contribution is -2.32. The van der Waals surface area contributed by atoms with E-state index in [2.05, 4.69) is 35.7 Å². The van der Waals surface area contributed by atoms with Gasteiger partial charge in [0, 0.05) is 34.2 Å². The van der Waals surface area contributed by atoms with Gasteiger partial charge in [-0.05, 0) is 83.3 Å². The van der Waals surface area contributed by atoms with E-state index in [-0.39, 0.29) is 57.0 Å². The number of nitrogens with one attached hydrogen (secondary N) is 2. The molecule has 0 radical (unpaired) electrons. The number of carboxylic acid groups (broad SMARTS) is 1. The van der Waals surface area contributed by atoms with E-state index in [4.69, 9.17) is 39.6 Å². The lowest BCUT2D eigenvalue weighted by molar-refractivity contribution is 0.0699. The quantitative estimate of drug-likeness (QED) is 0.111. The lowest BCUT2D eigenvalue weighted by atomic mass is 10.1. The second-order valence-corrected chi connectivity index (χ2v) is 14.2. The van der Waals surface area contributed by atoms with Crippen molar-refractivity contribution in [3.8, 4) is 5.69 Å². The van der Waals surface area contributed by atoms with Crippen LogP contribution in [0.3, 0.4) is 0 Å². The highest BCUT2D eigenvalue weighted by Gasteiger charge is 2.25. The molecule has 60 heavy (non-hydrogen) atoms. The van der Waals surface area contributed by atoms with Crippen LogP contribution in [0.1, 0.15) is 79.4 Å². The Morgan fingerprint density at radius 1 is 0.783 bits per heavy atom. The number of nitrogen functional groups attached to an aromatic ring is 4. The normalized spacial score (nSPS) is 11.4. The monoisotopic (exact) mass is 832 g/mol. The van der Waals surface area contributed by atoms with Gasteiger partial charge in [-0.1, -0.05) is 41.9 Å². The van der Waals surface area contributed by atoms with E-state index in [1.54, 1.807) is 28.1 Å². The Morgan fingerprint density at radius 2 is 1.35 bits per heavy atom. The number of anilines is 4. The fraction of sp³-hybridized carbons (Fsp3) is 0.175. The van der Waals surface area contributed by atoms with Crippen molar-refractivity contribution in [1.29, 1.82) is 0 Å². The van der Waals surface area contributed by atoms with Gasteiger partial charge < -0.3 is 33.4 Å². The number of nitrogens with two attached hydrogens (primary N) is 4. The van der Waals surface area contributed by atoms with E-state index >= 15 is 0 Å². The number of aromatic nitrogens is 9. The van der Waals surface area contributed by atoms with Crippen LogP contribution in [0.4, 0.5) is 23.3 Å². The number of hydrogen-bond acceptors (Lipinski definition) is 13. The predicted molar refractivity (Wildman–Crippen MR) is 229 cm³/mol. The van der Waals surface area contributed by atoms with E-state index < -0.39 is 17.9 Å². The van der Waals surface area contributed by atoms with Crippen LogP contribution in [-0.2, 0) is 0 Å². The first-order chi connectivity index (χ1) is 28.4. The van der Waals surface area contributed by atoms with Gasteiger partial charge in [0.2, 0.25) is 0 Å². The van der Waals surface area contributed by atoms with Crippen LogP contribution in [-0.4, -0.2) is 66.7 Å². The van der Waals surface area contributed by atoms with Gasteiger partial charge in [-0.25, -0.2) is 23.8 Å². The number of para-hydroxylation sites is 1. The van der Waals surface area contributed by atoms with Crippen LogP contribution in [0.25, 0.3) is 27.8 Å². The minimum atomic E-state index is -1.11. The number of aromatic amines is 1. The summed E-state index contributed by atoms with van der Waals surface area (Å²) in [4.78, 5) is 57.3. The fourth-order valence-corrected chi connectivity index (χ4v) is 6.95. The van der Waals surface area contributed by atoms with Gasteiger partial charge in [0.1, 0.15) is 22.5 Å². The average Bonchev–Trinajstić information content (AvgIpc) is 3.82. The molecular weight excluding hydrogens is 792 g/mol. The Labute approximate surface area is 346 Å². The van der Waals surface area contributed by atoms with Crippen LogP contribution in [0.15, 0.2) is 71.5 Å². The maximum Gasteiger partial charge on any atom is 0.343 e. The molecule has 8 rings (SSSR count). The second-order valence-electron chi connectivity index (χ2n) is 13.8. The van der Waals surface area contributed by atoms with Gasteiger partial charge >= 0.3 is 5.97 Å². The largest absolute Gasteiger partial charge is 0.477 e. The van der Waals surface area contributed by atoms with Crippen LogP contribution < -0.4 is 33.8 Å². The fourth-order valence-electron chi connectivity index (χ4n) is 6.68. The minimum absolute atomic E-state index is 0.0105. The third kappa shape index (κ3) is 8.01. The van der Waals surface area contributed by atoms with Gasteiger partial charge in [-0.3, -0.25) is 24.0 Å². The lowest BCUT2D eigenvalue weighted by Gasteiger charge is -2.21. The van der Waals surface area contributed by atoms with E-state index in [9.17, 15) is 19.2 Å². The van der Waals surface area contributed by atoms with Crippen LogP contribution in [0.5, 0.6) is 0 Å². The summed E-state index contributed by atoms with van der Waals surface area (Å²) >= 11 is 6.39. The Bertz CT molecular complexity index is 3020. The Hall–Kier alpha value is -7.80. The van der Waals surface area contributed by atoms with E-state index in [0.717, 1.165) is 22.8 Å². The molecule has 0 saturated heterocycles. The highest BCUT2D eigenvalue weighted by Crippen LogP contribution is 2.27. The van der Waals surface area contributed by atoms with E-state index in [1.807, 2.05) is 82.3 Å². The first-order valence-corrected chi connectivity index (χ1v) is 18.6. The van der Waals surface area contributed by atoms with Crippen molar-refractivity contribution in [3.05, 3.63) is 127 Å². The van der Waals surface area contributed by atoms with Crippen LogP contribution in [0.2, 0.25) is 5.02 Å². The summed E-state index contributed by atoms with van der Waals surface area (Å²) in [5.74, 6) is -1.26. The Kier molecular flexibility index (Phi) is 11.6. The molecule has 1 atom stereocenters. The smallest absolute Gasteiger partial charge is 0.343 e. The maximum absolute atomic E-state index is 13.6. The molecule has 1 amide bonds. The molecule has 6 heterocycles. The Balaban J connectivity index is 0.000000196. The molecular formula is C40H41ClN14O5. The summed E-state index contributed by atoms with van der Waals surface area (Å²) in [6.07, 6.45) is 0. The number of halogens is 1. The van der Waals surface area contributed by atoms with Gasteiger partial charge in [0.15, 0.2) is 34.5 Å². The van der Waals surface area contributed by atoms with Crippen molar-refractivity contribution in [2.75, 3.05) is 22.9 Å². The minimum Gasteiger partial charge on any atom is -0.477 e. The molecule has 0 fully saturated rings. The first-order valence-electron chi connectivity index (χ1n) is 18.2. The molecule has 6 aromatic heterocycles. The second kappa shape index (κ2) is 16.6. The van der Waals surface area contributed by atoms with Crippen molar-refractivity contribution < 1.29 is 19.5 Å². The van der Waals surface area contributed by atoms with Crippen LogP contribution >= 0.6 is 11.6 Å².